The van der Waals surface area contributed by atoms with E-state index in [4.69, 9.17) is 10.5 Å². The summed E-state index contributed by atoms with van der Waals surface area (Å²) in [4.78, 5) is 6.70. The lowest BCUT2D eigenvalue weighted by Gasteiger charge is -2.32. The summed E-state index contributed by atoms with van der Waals surface area (Å²) in [6.07, 6.45) is 3.10. The molecule has 1 aliphatic rings. The molecule has 3 N–H and O–H groups in total. The lowest BCUT2D eigenvalue weighted by molar-refractivity contribution is 0.208. The maximum Gasteiger partial charge on any atom is 0.239 e. The van der Waals surface area contributed by atoms with Crippen LogP contribution in [0.5, 0.6) is 5.88 Å². The third kappa shape index (κ3) is 3.50. The van der Waals surface area contributed by atoms with Gasteiger partial charge in [-0.1, -0.05) is 6.92 Å². The number of aliphatic hydroxyl groups is 1. The predicted molar refractivity (Wildman–Crippen MR) is 76.5 cm³/mol. The van der Waals surface area contributed by atoms with Crippen molar-refractivity contribution in [2.75, 3.05) is 36.9 Å². The monoisotopic (exact) mass is 265 g/mol. The van der Waals surface area contributed by atoms with Crippen LogP contribution in [-0.4, -0.2) is 36.4 Å². The molecule has 0 saturated carbocycles. The number of nitrogens with zero attached hydrogens (tertiary/aromatic N) is 2. The van der Waals surface area contributed by atoms with Gasteiger partial charge in [0.15, 0.2) is 0 Å². The summed E-state index contributed by atoms with van der Waals surface area (Å²) >= 11 is 0. The van der Waals surface area contributed by atoms with E-state index in [1.807, 2.05) is 12.1 Å². The van der Waals surface area contributed by atoms with Crippen molar-refractivity contribution in [2.24, 2.45) is 5.92 Å². The lowest BCUT2D eigenvalue weighted by Crippen LogP contribution is -2.37. The highest BCUT2D eigenvalue weighted by atomic mass is 16.5. The van der Waals surface area contributed by atoms with Crippen LogP contribution in [0, 0.1) is 5.92 Å². The van der Waals surface area contributed by atoms with Gasteiger partial charge in [-0.2, -0.15) is 4.98 Å². The van der Waals surface area contributed by atoms with Gasteiger partial charge in [0.1, 0.15) is 5.82 Å². The molecule has 1 unspecified atom stereocenters. The standard InChI is InChI=1S/C14H23N3O2/c1-2-8-19-14-12(15)5-6-13(16-14)17-7-3-4-11(9-17)10-18/h5-6,11,18H,2-4,7-10,15H2,1H3. The largest absolute Gasteiger partial charge is 0.476 e. The van der Waals surface area contributed by atoms with Crippen molar-refractivity contribution in [3.8, 4) is 5.88 Å². The van der Waals surface area contributed by atoms with Gasteiger partial charge in [-0.05, 0) is 37.3 Å². The molecule has 0 radical (unpaired) electrons. The smallest absolute Gasteiger partial charge is 0.239 e. The van der Waals surface area contributed by atoms with E-state index >= 15 is 0 Å². The average molecular weight is 265 g/mol. The third-order valence-electron chi connectivity index (χ3n) is 3.42. The molecule has 2 heterocycles. The Morgan fingerprint density at radius 1 is 1.53 bits per heavy atom. The summed E-state index contributed by atoms with van der Waals surface area (Å²) in [6, 6.07) is 3.77. The summed E-state index contributed by atoms with van der Waals surface area (Å²) in [5.41, 5.74) is 6.44. The number of pyridine rings is 1. The summed E-state index contributed by atoms with van der Waals surface area (Å²) in [7, 11) is 0. The zero-order valence-corrected chi connectivity index (χ0v) is 11.5. The lowest BCUT2D eigenvalue weighted by atomic mass is 9.99. The molecule has 106 valence electrons. The van der Waals surface area contributed by atoms with Gasteiger partial charge in [0.25, 0.3) is 0 Å². The zero-order chi connectivity index (χ0) is 13.7. The van der Waals surface area contributed by atoms with Crippen LogP contribution in [0.25, 0.3) is 0 Å². The highest BCUT2D eigenvalue weighted by Crippen LogP contribution is 2.26. The quantitative estimate of drug-likeness (QED) is 0.847. The summed E-state index contributed by atoms with van der Waals surface area (Å²) < 4.78 is 5.56. The first kappa shape index (κ1) is 13.9. The van der Waals surface area contributed by atoms with Crippen molar-refractivity contribution in [2.45, 2.75) is 26.2 Å². The topological polar surface area (TPSA) is 71.6 Å². The molecule has 0 aliphatic carbocycles. The van der Waals surface area contributed by atoms with Crippen LogP contribution in [0.2, 0.25) is 0 Å². The molecular weight excluding hydrogens is 242 g/mol. The van der Waals surface area contributed by atoms with E-state index in [0.29, 0.717) is 24.1 Å². The normalized spacial score (nSPS) is 19.5. The van der Waals surface area contributed by atoms with Gasteiger partial charge in [0.05, 0.1) is 12.3 Å². The van der Waals surface area contributed by atoms with Gasteiger partial charge in [0, 0.05) is 19.7 Å². The van der Waals surface area contributed by atoms with Crippen LogP contribution in [0.3, 0.4) is 0 Å². The molecule has 0 amide bonds. The number of anilines is 2. The van der Waals surface area contributed by atoms with E-state index in [2.05, 4.69) is 16.8 Å². The van der Waals surface area contributed by atoms with Gasteiger partial charge >= 0.3 is 0 Å². The third-order valence-corrected chi connectivity index (χ3v) is 3.42. The van der Waals surface area contributed by atoms with E-state index in [1.54, 1.807) is 0 Å². The Bertz CT molecular complexity index is 412. The number of nitrogens with two attached hydrogens (primary N) is 1. The van der Waals surface area contributed by atoms with Gasteiger partial charge in [0.2, 0.25) is 5.88 Å². The molecule has 1 atom stereocenters. The second-order valence-corrected chi connectivity index (χ2v) is 5.05. The maximum absolute atomic E-state index is 9.28. The van der Waals surface area contributed by atoms with Gasteiger partial charge in [-0.3, -0.25) is 0 Å². The fraction of sp³-hybridized carbons (Fsp3) is 0.643. The SMILES string of the molecule is CCCOc1nc(N2CCCC(CO)C2)ccc1N. The molecule has 1 aromatic rings. The van der Waals surface area contributed by atoms with Gasteiger partial charge in [-0.15, -0.1) is 0 Å². The zero-order valence-electron chi connectivity index (χ0n) is 11.5. The first-order chi connectivity index (χ1) is 9.24. The molecule has 5 heteroatoms. The Labute approximate surface area is 114 Å². The molecule has 2 rings (SSSR count). The Morgan fingerprint density at radius 2 is 2.37 bits per heavy atom. The van der Waals surface area contributed by atoms with Crippen LogP contribution >= 0.6 is 0 Å². The van der Waals surface area contributed by atoms with Crippen molar-refractivity contribution in [3.05, 3.63) is 12.1 Å². The number of hydrogen-bond donors (Lipinski definition) is 2. The van der Waals surface area contributed by atoms with Crippen LogP contribution in [0.15, 0.2) is 12.1 Å². The molecular formula is C14H23N3O2. The van der Waals surface area contributed by atoms with E-state index in [1.165, 1.54) is 0 Å². The number of piperidine rings is 1. The van der Waals surface area contributed by atoms with E-state index in [-0.39, 0.29) is 6.61 Å². The second-order valence-electron chi connectivity index (χ2n) is 5.05. The molecule has 1 saturated heterocycles. The second kappa shape index (κ2) is 6.61. The number of ether oxygens (including phenoxy) is 1. The summed E-state index contributed by atoms with van der Waals surface area (Å²) in [6.45, 7) is 4.74. The first-order valence-corrected chi connectivity index (χ1v) is 6.99. The van der Waals surface area contributed by atoms with Crippen LogP contribution in [0.4, 0.5) is 11.5 Å². The highest BCUT2D eigenvalue weighted by Gasteiger charge is 2.20. The molecule has 1 aromatic heterocycles. The van der Waals surface area contributed by atoms with Crippen molar-refractivity contribution >= 4 is 11.5 Å². The number of hydrogen-bond acceptors (Lipinski definition) is 5. The maximum atomic E-state index is 9.28. The van der Waals surface area contributed by atoms with Crippen molar-refractivity contribution in [1.82, 2.24) is 4.98 Å². The van der Waals surface area contributed by atoms with E-state index < -0.39 is 0 Å². The minimum absolute atomic E-state index is 0.241. The Balaban J connectivity index is 2.10. The molecule has 5 nitrogen and oxygen atoms in total. The Hall–Kier alpha value is -1.49. The summed E-state index contributed by atoms with van der Waals surface area (Å²) in [5.74, 6) is 1.75. The molecule has 1 aliphatic heterocycles. The van der Waals surface area contributed by atoms with Crippen LogP contribution in [-0.2, 0) is 0 Å². The highest BCUT2D eigenvalue weighted by molar-refractivity contribution is 5.54. The van der Waals surface area contributed by atoms with E-state index in [0.717, 1.165) is 38.2 Å². The first-order valence-electron chi connectivity index (χ1n) is 6.99. The van der Waals surface area contributed by atoms with Gasteiger partial charge < -0.3 is 20.5 Å². The predicted octanol–water partition coefficient (Wildman–Crippen LogP) is 1.66. The number of aromatic nitrogens is 1. The van der Waals surface area contributed by atoms with Crippen molar-refractivity contribution in [3.63, 3.8) is 0 Å². The minimum atomic E-state index is 0.241. The number of rotatable bonds is 5. The van der Waals surface area contributed by atoms with Gasteiger partial charge in [-0.25, -0.2) is 0 Å². The number of nitrogen functional groups attached to an aromatic ring is 1. The van der Waals surface area contributed by atoms with Crippen molar-refractivity contribution in [1.29, 1.82) is 0 Å². The molecule has 0 aromatic carbocycles. The Kier molecular flexibility index (Phi) is 4.85. The van der Waals surface area contributed by atoms with E-state index in [9.17, 15) is 5.11 Å². The molecule has 1 fully saturated rings. The minimum Gasteiger partial charge on any atom is -0.476 e. The molecule has 19 heavy (non-hydrogen) atoms. The Morgan fingerprint density at radius 3 is 3.11 bits per heavy atom. The average Bonchev–Trinajstić information content (AvgIpc) is 2.46. The van der Waals surface area contributed by atoms with Crippen LogP contribution in [0.1, 0.15) is 26.2 Å². The number of aliphatic hydroxyl groups excluding tert-OH is 1. The summed E-state index contributed by atoms with van der Waals surface area (Å²) in [5, 5.41) is 9.28. The fourth-order valence-corrected chi connectivity index (χ4v) is 2.35. The van der Waals surface area contributed by atoms with Crippen molar-refractivity contribution < 1.29 is 9.84 Å². The molecule has 0 bridgehead atoms. The van der Waals surface area contributed by atoms with Crippen LogP contribution < -0.4 is 15.4 Å². The fourth-order valence-electron chi connectivity index (χ4n) is 2.35. The molecule has 0 spiro atoms.